The number of benzene rings is 2. The fourth-order valence-corrected chi connectivity index (χ4v) is 3.28. The summed E-state index contributed by atoms with van der Waals surface area (Å²) in [5.74, 6) is -0.562. The van der Waals surface area contributed by atoms with Crippen LogP contribution in [0.2, 0.25) is 0 Å². The minimum absolute atomic E-state index is 0.0546. The first-order valence-electron chi connectivity index (χ1n) is 9.23. The van der Waals surface area contributed by atoms with Crippen LogP contribution >= 0.6 is 11.8 Å². The number of nitrogens with one attached hydrogen (secondary N) is 1. The number of aryl methyl sites for hydroxylation is 1. The Kier molecular flexibility index (Phi) is 8.26. The predicted octanol–water partition coefficient (Wildman–Crippen LogP) is 4.03. The molecule has 2 rings (SSSR count). The highest BCUT2D eigenvalue weighted by Crippen LogP contribution is 2.24. The van der Waals surface area contributed by atoms with Crippen molar-refractivity contribution in [2.75, 3.05) is 25.2 Å². The van der Waals surface area contributed by atoms with Crippen molar-refractivity contribution in [2.45, 2.75) is 31.1 Å². The van der Waals surface area contributed by atoms with Gasteiger partial charge in [-0.2, -0.15) is 0 Å². The molecular formula is C22H26N2O3S. The van der Waals surface area contributed by atoms with E-state index in [1.54, 1.807) is 30.9 Å². The second-order valence-electron chi connectivity index (χ2n) is 6.47. The first-order valence-corrected chi connectivity index (χ1v) is 10.5. The Balaban J connectivity index is 1.83. The van der Waals surface area contributed by atoms with E-state index < -0.39 is 0 Å². The lowest BCUT2D eigenvalue weighted by Gasteiger charge is -2.17. The van der Waals surface area contributed by atoms with Gasteiger partial charge in [0.2, 0.25) is 11.8 Å². The number of hydrogen-bond donors (Lipinski definition) is 1. The number of para-hydroxylation sites is 1. The number of thioether (sulfide) groups is 1. The number of hydrogen-bond acceptors (Lipinski definition) is 4. The van der Waals surface area contributed by atoms with E-state index in [1.807, 2.05) is 42.7 Å². The van der Waals surface area contributed by atoms with Crippen LogP contribution in [0.5, 0.6) is 0 Å². The average Bonchev–Trinajstić information content (AvgIpc) is 2.72. The second kappa shape index (κ2) is 10.7. The molecule has 148 valence electrons. The monoisotopic (exact) mass is 398 g/mol. The lowest BCUT2D eigenvalue weighted by molar-refractivity contribution is -0.133. The van der Waals surface area contributed by atoms with Gasteiger partial charge in [-0.25, -0.2) is 0 Å². The van der Waals surface area contributed by atoms with Crippen molar-refractivity contribution in [1.82, 2.24) is 4.90 Å². The standard InChI is InChI=1S/C22H26N2O3S/c1-4-16-9-11-17(12-10-16)19(25)13-14-22(27)24(2)15-21(26)23-18-7-5-6-8-20(18)28-3/h5-12H,4,13-15H2,1-3H3,(H,23,26). The van der Waals surface area contributed by atoms with Crippen LogP contribution in [0.4, 0.5) is 5.69 Å². The van der Waals surface area contributed by atoms with Crippen molar-refractivity contribution >= 4 is 35.0 Å². The van der Waals surface area contributed by atoms with Gasteiger partial charge in [0, 0.05) is 30.3 Å². The van der Waals surface area contributed by atoms with Crippen LogP contribution in [-0.2, 0) is 16.0 Å². The summed E-state index contributed by atoms with van der Waals surface area (Å²) >= 11 is 1.54. The van der Waals surface area contributed by atoms with Crippen LogP contribution in [0.1, 0.15) is 35.7 Å². The molecule has 0 aliphatic rings. The Morgan fingerprint density at radius 3 is 2.32 bits per heavy atom. The quantitative estimate of drug-likeness (QED) is 0.512. The van der Waals surface area contributed by atoms with E-state index in [2.05, 4.69) is 12.2 Å². The third kappa shape index (κ3) is 6.23. The zero-order valence-electron chi connectivity index (χ0n) is 16.5. The summed E-state index contributed by atoms with van der Waals surface area (Å²) < 4.78 is 0. The minimum atomic E-state index is -0.265. The molecule has 1 N–H and O–H groups in total. The fraction of sp³-hybridized carbons (Fsp3) is 0.318. The molecule has 2 aromatic carbocycles. The molecule has 0 spiro atoms. The number of nitrogens with zero attached hydrogens (tertiary/aromatic N) is 1. The zero-order chi connectivity index (χ0) is 20.5. The third-order valence-electron chi connectivity index (χ3n) is 4.44. The van der Waals surface area contributed by atoms with E-state index in [4.69, 9.17) is 0 Å². The second-order valence-corrected chi connectivity index (χ2v) is 7.32. The van der Waals surface area contributed by atoms with Gasteiger partial charge in [0.05, 0.1) is 12.2 Å². The van der Waals surface area contributed by atoms with E-state index in [0.29, 0.717) is 5.56 Å². The van der Waals surface area contributed by atoms with Crippen LogP contribution in [0.15, 0.2) is 53.4 Å². The van der Waals surface area contributed by atoms with Crippen molar-refractivity contribution in [3.63, 3.8) is 0 Å². The van der Waals surface area contributed by atoms with Crippen LogP contribution in [0, 0.1) is 0 Å². The van der Waals surface area contributed by atoms with Gasteiger partial charge < -0.3 is 10.2 Å². The summed E-state index contributed by atoms with van der Waals surface area (Å²) in [7, 11) is 1.57. The van der Waals surface area contributed by atoms with Crippen molar-refractivity contribution < 1.29 is 14.4 Å². The van der Waals surface area contributed by atoms with Crippen molar-refractivity contribution in [3.05, 3.63) is 59.7 Å². The van der Waals surface area contributed by atoms with Gasteiger partial charge in [-0.15, -0.1) is 11.8 Å². The molecule has 0 aliphatic carbocycles. The molecule has 0 radical (unpaired) electrons. The van der Waals surface area contributed by atoms with Crippen LogP contribution in [0.25, 0.3) is 0 Å². The van der Waals surface area contributed by atoms with E-state index in [1.165, 1.54) is 10.5 Å². The lowest BCUT2D eigenvalue weighted by atomic mass is 10.0. The predicted molar refractivity (Wildman–Crippen MR) is 114 cm³/mol. The van der Waals surface area contributed by atoms with Crippen LogP contribution in [-0.4, -0.2) is 42.3 Å². The molecule has 0 saturated carbocycles. The number of likely N-dealkylation sites (N-methyl/N-ethyl adjacent to an activating group) is 1. The molecule has 6 heteroatoms. The molecule has 0 saturated heterocycles. The van der Waals surface area contributed by atoms with Crippen molar-refractivity contribution in [2.24, 2.45) is 0 Å². The average molecular weight is 399 g/mol. The molecule has 0 atom stereocenters. The first kappa shape index (κ1) is 21.7. The van der Waals surface area contributed by atoms with Gasteiger partial charge in [-0.1, -0.05) is 43.3 Å². The zero-order valence-corrected chi connectivity index (χ0v) is 17.3. The Labute approximate surface area is 170 Å². The molecule has 2 aromatic rings. The van der Waals surface area contributed by atoms with Gasteiger partial charge in [0.25, 0.3) is 0 Å². The number of amides is 2. The number of anilines is 1. The van der Waals surface area contributed by atoms with E-state index >= 15 is 0 Å². The molecule has 0 fully saturated rings. The number of Topliss-reactive ketones (excluding diaryl/α,β-unsaturated/α-hetero) is 1. The minimum Gasteiger partial charge on any atom is -0.336 e. The van der Waals surface area contributed by atoms with Gasteiger partial charge >= 0.3 is 0 Å². The van der Waals surface area contributed by atoms with Crippen LogP contribution in [0.3, 0.4) is 0 Å². The molecule has 5 nitrogen and oxygen atoms in total. The molecule has 2 amide bonds. The Bertz CT molecular complexity index is 834. The molecule has 28 heavy (non-hydrogen) atoms. The molecule has 0 aliphatic heterocycles. The largest absolute Gasteiger partial charge is 0.336 e. The summed E-state index contributed by atoms with van der Waals surface area (Å²) in [6, 6.07) is 15.0. The van der Waals surface area contributed by atoms with E-state index in [-0.39, 0.29) is 37.0 Å². The van der Waals surface area contributed by atoms with Crippen LogP contribution < -0.4 is 5.32 Å². The Hall–Kier alpha value is -2.60. The highest BCUT2D eigenvalue weighted by molar-refractivity contribution is 7.98. The molecule has 0 aromatic heterocycles. The highest BCUT2D eigenvalue weighted by atomic mass is 32.2. The number of ketones is 1. The maximum Gasteiger partial charge on any atom is 0.244 e. The Morgan fingerprint density at radius 1 is 1.00 bits per heavy atom. The summed E-state index contributed by atoms with van der Waals surface area (Å²) in [5, 5.41) is 2.83. The topological polar surface area (TPSA) is 66.5 Å². The summed E-state index contributed by atoms with van der Waals surface area (Å²) in [5.41, 5.74) is 2.51. The molecular weight excluding hydrogens is 372 g/mol. The maximum absolute atomic E-state index is 12.3. The maximum atomic E-state index is 12.3. The van der Waals surface area contributed by atoms with Gasteiger partial charge in [-0.05, 0) is 30.4 Å². The Morgan fingerprint density at radius 2 is 1.68 bits per heavy atom. The summed E-state index contributed by atoms with van der Waals surface area (Å²) in [4.78, 5) is 39.1. The van der Waals surface area contributed by atoms with E-state index in [0.717, 1.165) is 17.0 Å². The first-order chi connectivity index (χ1) is 13.4. The molecule has 0 bridgehead atoms. The molecule has 0 heterocycles. The lowest BCUT2D eigenvalue weighted by Crippen LogP contribution is -2.35. The van der Waals surface area contributed by atoms with Gasteiger partial charge in [-0.3, -0.25) is 14.4 Å². The third-order valence-corrected chi connectivity index (χ3v) is 5.23. The summed E-state index contributed by atoms with van der Waals surface area (Å²) in [6.07, 6.45) is 3.07. The van der Waals surface area contributed by atoms with Gasteiger partial charge in [0.15, 0.2) is 5.78 Å². The number of carbonyl (C=O) groups is 3. The van der Waals surface area contributed by atoms with Crippen molar-refractivity contribution in [1.29, 1.82) is 0 Å². The number of carbonyl (C=O) groups excluding carboxylic acids is 3. The summed E-state index contributed by atoms with van der Waals surface area (Å²) in [6.45, 7) is 2.00. The van der Waals surface area contributed by atoms with Gasteiger partial charge in [0.1, 0.15) is 0 Å². The number of rotatable bonds is 9. The highest BCUT2D eigenvalue weighted by Gasteiger charge is 2.16. The van der Waals surface area contributed by atoms with Crippen molar-refractivity contribution in [3.8, 4) is 0 Å². The normalized spacial score (nSPS) is 10.4. The SMILES string of the molecule is CCc1ccc(C(=O)CCC(=O)N(C)CC(=O)Nc2ccccc2SC)cc1. The smallest absolute Gasteiger partial charge is 0.244 e. The molecule has 0 unspecified atom stereocenters. The van der Waals surface area contributed by atoms with E-state index in [9.17, 15) is 14.4 Å². The fourth-order valence-electron chi connectivity index (χ4n) is 2.72.